The van der Waals surface area contributed by atoms with Crippen LogP contribution in [-0.4, -0.2) is 29.4 Å². The molecule has 1 aliphatic heterocycles. The van der Waals surface area contributed by atoms with E-state index in [1.54, 1.807) is 42.2 Å². The Morgan fingerprint density at radius 3 is 2.72 bits per heavy atom. The summed E-state index contributed by atoms with van der Waals surface area (Å²) in [6.45, 7) is 4.33. The van der Waals surface area contributed by atoms with E-state index in [2.05, 4.69) is 0 Å². The quantitative estimate of drug-likeness (QED) is 0.782. The molecule has 130 valence electrons. The number of hydrogen-bond donors (Lipinski definition) is 0. The highest BCUT2D eigenvalue weighted by atomic mass is 16.5. The van der Waals surface area contributed by atoms with Gasteiger partial charge in [-0.15, -0.1) is 0 Å². The van der Waals surface area contributed by atoms with Gasteiger partial charge in [-0.2, -0.15) is 0 Å². The summed E-state index contributed by atoms with van der Waals surface area (Å²) in [6, 6.07) is 9.94. The highest BCUT2D eigenvalue weighted by Gasteiger charge is 2.26. The Hall–Kier alpha value is -2.89. The zero-order valence-electron chi connectivity index (χ0n) is 14.3. The first-order valence-corrected chi connectivity index (χ1v) is 8.28. The summed E-state index contributed by atoms with van der Waals surface area (Å²) in [4.78, 5) is 38.3. The molecule has 0 saturated heterocycles. The van der Waals surface area contributed by atoms with Crippen molar-refractivity contribution in [2.75, 3.05) is 18.1 Å². The molecule has 1 amide bonds. The second kappa shape index (κ2) is 6.93. The van der Waals surface area contributed by atoms with E-state index in [9.17, 15) is 14.4 Å². The minimum atomic E-state index is -0.211. The Labute approximate surface area is 145 Å². The molecule has 0 unspecified atom stereocenters. The molecule has 0 fully saturated rings. The highest BCUT2D eigenvalue weighted by molar-refractivity contribution is 6.01. The van der Waals surface area contributed by atoms with Crippen molar-refractivity contribution in [2.45, 2.75) is 26.8 Å². The average Bonchev–Trinajstić information content (AvgIpc) is 2.60. The number of amides is 1. The van der Waals surface area contributed by atoms with E-state index >= 15 is 0 Å². The number of ether oxygens (including phenoxy) is 1. The van der Waals surface area contributed by atoms with Crippen LogP contribution in [0.4, 0.5) is 5.69 Å². The van der Waals surface area contributed by atoms with E-state index < -0.39 is 0 Å². The third-order valence-corrected chi connectivity index (χ3v) is 4.24. The van der Waals surface area contributed by atoms with Crippen LogP contribution < -0.4 is 15.2 Å². The van der Waals surface area contributed by atoms with Crippen molar-refractivity contribution in [1.82, 2.24) is 4.57 Å². The number of pyridine rings is 1. The number of fused-ring (bicyclic) bond motifs is 1. The topological polar surface area (TPSA) is 68.6 Å². The van der Waals surface area contributed by atoms with Crippen LogP contribution in [0, 0.1) is 6.92 Å². The first-order valence-electron chi connectivity index (χ1n) is 8.28. The monoisotopic (exact) mass is 340 g/mol. The Bertz CT molecular complexity index is 885. The van der Waals surface area contributed by atoms with Gasteiger partial charge < -0.3 is 14.2 Å². The molecule has 0 saturated carbocycles. The minimum absolute atomic E-state index is 0.0128. The van der Waals surface area contributed by atoms with Crippen LogP contribution in [0.1, 0.15) is 29.4 Å². The normalized spacial score (nSPS) is 13.4. The minimum Gasteiger partial charge on any atom is -0.482 e. The molecule has 0 aliphatic carbocycles. The van der Waals surface area contributed by atoms with Gasteiger partial charge in [0.2, 0.25) is 0 Å². The van der Waals surface area contributed by atoms with Crippen LogP contribution in [0.3, 0.4) is 0 Å². The number of ketones is 1. The number of benzene rings is 1. The molecule has 6 nitrogen and oxygen atoms in total. The molecule has 1 aromatic heterocycles. The number of nitrogens with zero attached hydrogens (tertiary/aromatic N) is 2. The van der Waals surface area contributed by atoms with Gasteiger partial charge in [0.05, 0.1) is 12.2 Å². The standard InChI is InChI=1S/C19H20N2O4/c1-3-9-20-15-10-14(7-8-17(15)25-12-19(20)24)16(22)11-21-13(2)5-4-6-18(21)23/h4-8,10H,3,9,11-12H2,1-2H3. The molecule has 0 bridgehead atoms. The van der Waals surface area contributed by atoms with Gasteiger partial charge in [-0.25, -0.2) is 0 Å². The molecule has 2 aromatic rings. The molecular weight excluding hydrogens is 320 g/mol. The number of Topliss-reactive ketones (excluding diaryl/α,β-unsaturated/α-hetero) is 1. The molecule has 0 N–H and O–H groups in total. The van der Waals surface area contributed by atoms with Crippen molar-refractivity contribution in [3.8, 4) is 5.75 Å². The van der Waals surface area contributed by atoms with Crippen LogP contribution in [0.15, 0.2) is 41.2 Å². The first-order chi connectivity index (χ1) is 12.0. The zero-order chi connectivity index (χ0) is 18.0. The summed E-state index contributed by atoms with van der Waals surface area (Å²) in [5.41, 5.74) is 1.58. The number of carbonyl (C=O) groups is 2. The van der Waals surface area contributed by atoms with E-state index in [4.69, 9.17) is 4.74 Å². The number of aryl methyl sites for hydroxylation is 1. The summed E-state index contributed by atoms with van der Waals surface area (Å²) in [5, 5.41) is 0. The lowest BCUT2D eigenvalue weighted by molar-refractivity contribution is -0.121. The second-order valence-electron chi connectivity index (χ2n) is 6.03. The molecule has 1 aliphatic rings. The molecule has 0 radical (unpaired) electrons. The van der Waals surface area contributed by atoms with Crippen molar-refractivity contribution in [2.24, 2.45) is 0 Å². The van der Waals surface area contributed by atoms with Gasteiger partial charge in [0.15, 0.2) is 12.4 Å². The average molecular weight is 340 g/mol. The summed E-state index contributed by atoms with van der Waals surface area (Å²) in [7, 11) is 0. The maximum atomic E-state index is 12.6. The Kier molecular flexibility index (Phi) is 4.70. The highest BCUT2D eigenvalue weighted by Crippen LogP contribution is 2.33. The van der Waals surface area contributed by atoms with Crippen molar-refractivity contribution in [3.05, 3.63) is 58.0 Å². The Balaban J connectivity index is 1.92. The fourth-order valence-electron chi connectivity index (χ4n) is 2.91. The Morgan fingerprint density at radius 1 is 1.20 bits per heavy atom. The first kappa shape index (κ1) is 17.0. The lowest BCUT2D eigenvalue weighted by atomic mass is 10.1. The molecule has 3 rings (SSSR count). The lowest BCUT2D eigenvalue weighted by Crippen LogP contribution is -2.39. The van der Waals surface area contributed by atoms with Crippen molar-refractivity contribution < 1.29 is 14.3 Å². The van der Waals surface area contributed by atoms with Gasteiger partial charge >= 0.3 is 0 Å². The van der Waals surface area contributed by atoms with Gasteiger partial charge in [0.1, 0.15) is 5.75 Å². The summed E-state index contributed by atoms with van der Waals surface area (Å²) < 4.78 is 6.88. The largest absolute Gasteiger partial charge is 0.482 e. The number of anilines is 1. The third kappa shape index (κ3) is 3.33. The van der Waals surface area contributed by atoms with Gasteiger partial charge in [-0.1, -0.05) is 13.0 Å². The molecule has 1 aromatic carbocycles. The molecule has 2 heterocycles. The van der Waals surface area contributed by atoms with Crippen LogP contribution in [0.5, 0.6) is 5.75 Å². The maximum absolute atomic E-state index is 12.6. The predicted molar refractivity (Wildman–Crippen MR) is 94.4 cm³/mol. The van der Waals surface area contributed by atoms with Gasteiger partial charge in [-0.3, -0.25) is 14.4 Å². The second-order valence-corrected chi connectivity index (χ2v) is 6.03. The van der Waals surface area contributed by atoms with Crippen molar-refractivity contribution >= 4 is 17.4 Å². The lowest BCUT2D eigenvalue weighted by Gasteiger charge is -2.29. The number of hydrogen-bond acceptors (Lipinski definition) is 4. The Morgan fingerprint density at radius 2 is 2.00 bits per heavy atom. The van der Waals surface area contributed by atoms with E-state index in [-0.39, 0.29) is 30.4 Å². The van der Waals surface area contributed by atoms with E-state index in [0.717, 1.165) is 12.1 Å². The van der Waals surface area contributed by atoms with Crippen molar-refractivity contribution in [1.29, 1.82) is 0 Å². The number of rotatable bonds is 5. The van der Waals surface area contributed by atoms with E-state index in [1.807, 2.05) is 6.92 Å². The summed E-state index contributed by atoms with van der Waals surface area (Å²) in [6.07, 6.45) is 0.807. The molecule has 25 heavy (non-hydrogen) atoms. The predicted octanol–water partition coefficient (Wildman–Crippen LogP) is 2.18. The maximum Gasteiger partial charge on any atom is 0.265 e. The molecule has 6 heteroatoms. The fraction of sp³-hybridized carbons (Fsp3) is 0.316. The van der Waals surface area contributed by atoms with Crippen LogP contribution in [0.25, 0.3) is 0 Å². The fourth-order valence-corrected chi connectivity index (χ4v) is 2.91. The smallest absolute Gasteiger partial charge is 0.265 e. The van der Waals surface area contributed by atoms with Crippen LogP contribution in [-0.2, 0) is 11.3 Å². The third-order valence-electron chi connectivity index (χ3n) is 4.24. The molecule has 0 spiro atoms. The van der Waals surface area contributed by atoms with Gasteiger partial charge in [-0.05, 0) is 37.6 Å². The van der Waals surface area contributed by atoms with E-state index in [1.165, 1.54) is 10.6 Å². The molecular formula is C19H20N2O4. The number of aromatic nitrogens is 1. The van der Waals surface area contributed by atoms with Crippen LogP contribution >= 0.6 is 0 Å². The SMILES string of the molecule is CCCN1C(=O)COc2ccc(C(=O)Cn3c(C)cccc3=O)cc21. The van der Waals surface area contributed by atoms with Crippen molar-refractivity contribution in [3.63, 3.8) is 0 Å². The zero-order valence-corrected chi connectivity index (χ0v) is 14.3. The van der Waals surface area contributed by atoms with Gasteiger partial charge in [0, 0.05) is 23.9 Å². The van der Waals surface area contributed by atoms with E-state index in [0.29, 0.717) is 23.5 Å². The number of carbonyl (C=O) groups excluding carboxylic acids is 2. The summed E-state index contributed by atoms with van der Waals surface area (Å²) in [5.74, 6) is 0.292. The van der Waals surface area contributed by atoms with Gasteiger partial charge in [0.25, 0.3) is 11.5 Å². The van der Waals surface area contributed by atoms with Crippen LogP contribution in [0.2, 0.25) is 0 Å². The summed E-state index contributed by atoms with van der Waals surface area (Å²) >= 11 is 0. The molecule has 0 atom stereocenters.